The van der Waals surface area contributed by atoms with Crippen LogP contribution in [0.2, 0.25) is 0 Å². The summed E-state index contributed by atoms with van der Waals surface area (Å²) in [6.45, 7) is 2.69. The van der Waals surface area contributed by atoms with Gasteiger partial charge in [0, 0.05) is 0 Å². The number of nitrogens with one attached hydrogen (secondary N) is 2. The Kier molecular flexibility index (Phi) is 20.8. The second-order valence-electron chi connectivity index (χ2n) is 3.54. The molecule has 0 amide bonds. The minimum absolute atomic E-state index is 0. The fourth-order valence-corrected chi connectivity index (χ4v) is 1.07. The number of nitrogens with zero attached hydrogens (tertiary/aromatic N) is 4. The molecule has 14 nitrogen and oxygen atoms in total. The van der Waals surface area contributed by atoms with E-state index in [1.165, 1.54) is 0 Å². The fourth-order valence-electron chi connectivity index (χ4n) is 1.07. The quantitative estimate of drug-likeness (QED) is 0.175. The Morgan fingerprint density at radius 2 is 1.57 bits per heavy atom. The molecule has 1 saturated heterocycles. The standard InChI is InChI=1S/C4H10N3.C4H8N3.Cu.2H2NO3/c2*5-4-6-2-1-3-7-4;;2*2-1(3)4/h4,6H,1-3,5H2;1-2,4,6H,3,5H2;;2*(H2,2,3,4)/q2*-1;+2;2*+1. The van der Waals surface area contributed by atoms with Gasteiger partial charge in [0.25, 0.3) is 0 Å². The Morgan fingerprint density at radius 3 is 1.74 bits per heavy atom. The van der Waals surface area contributed by atoms with Crippen molar-refractivity contribution < 1.29 is 48.1 Å². The van der Waals surface area contributed by atoms with Gasteiger partial charge >= 0.3 is 27.2 Å². The first-order chi connectivity index (χ1) is 10.3. The molecule has 0 aromatic heterocycles. The van der Waals surface area contributed by atoms with Gasteiger partial charge in [0.1, 0.15) is 9.81 Å². The second kappa shape index (κ2) is 18.3. The summed E-state index contributed by atoms with van der Waals surface area (Å²) in [5, 5.41) is 38.8. The van der Waals surface area contributed by atoms with Gasteiger partial charge < -0.3 is 32.7 Å². The summed E-state index contributed by atoms with van der Waals surface area (Å²) < 4.78 is 0. The van der Waals surface area contributed by atoms with Crippen LogP contribution >= 0.6 is 0 Å². The Hall–Kier alpha value is -1.74. The normalized spacial score (nSPS) is 21.1. The smallest absolute Gasteiger partial charge is 0.635 e. The predicted octanol–water partition coefficient (Wildman–Crippen LogP) is -1.60. The van der Waals surface area contributed by atoms with Gasteiger partial charge in [-0.15, -0.1) is 13.1 Å². The molecule has 0 aliphatic carbocycles. The average molecular weight is 390 g/mol. The first kappa shape index (κ1) is 26.2. The maximum absolute atomic E-state index is 8.47. The van der Waals surface area contributed by atoms with Gasteiger partial charge in [-0.05, 0) is 25.3 Å². The van der Waals surface area contributed by atoms with Crippen LogP contribution in [0.4, 0.5) is 0 Å². The fraction of sp³-hybridized carbons (Fsp3) is 0.750. The Morgan fingerprint density at radius 1 is 1.04 bits per heavy atom. The van der Waals surface area contributed by atoms with Crippen LogP contribution in [0.5, 0.6) is 0 Å². The van der Waals surface area contributed by atoms with Crippen molar-refractivity contribution in [2.75, 3.05) is 19.6 Å². The van der Waals surface area contributed by atoms with Crippen molar-refractivity contribution in [1.29, 1.82) is 0 Å². The minimum Gasteiger partial charge on any atom is -0.635 e. The molecule has 15 heteroatoms. The van der Waals surface area contributed by atoms with Crippen LogP contribution in [0.15, 0.2) is 12.3 Å². The molecule has 2 aliphatic heterocycles. The third-order valence-corrected chi connectivity index (χ3v) is 1.81. The maximum Gasteiger partial charge on any atom is 2.00 e. The third-order valence-electron chi connectivity index (χ3n) is 1.81. The molecular weight excluding hydrogens is 368 g/mol. The molecule has 1 fully saturated rings. The summed E-state index contributed by atoms with van der Waals surface area (Å²) in [6, 6.07) is 0. The number of rotatable bonds is 0. The van der Waals surface area contributed by atoms with Crippen molar-refractivity contribution in [3.63, 3.8) is 0 Å². The Bertz CT molecular complexity index is 310. The molecule has 23 heavy (non-hydrogen) atoms. The van der Waals surface area contributed by atoms with Gasteiger partial charge in [-0.1, -0.05) is 12.5 Å². The third kappa shape index (κ3) is 33.2. The first-order valence-electron chi connectivity index (χ1n) is 5.94. The van der Waals surface area contributed by atoms with Gasteiger partial charge in [-0.3, -0.25) is 0 Å². The summed E-state index contributed by atoms with van der Waals surface area (Å²) in [7, 11) is 0. The number of nitrogens with two attached hydrogens (primary N) is 2. The summed E-state index contributed by atoms with van der Waals surface area (Å²) >= 11 is 0. The van der Waals surface area contributed by atoms with Crippen LogP contribution in [0.1, 0.15) is 6.42 Å². The molecule has 0 aromatic carbocycles. The van der Waals surface area contributed by atoms with E-state index in [-0.39, 0.29) is 29.6 Å². The van der Waals surface area contributed by atoms with E-state index in [1.54, 1.807) is 0 Å². The van der Waals surface area contributed by atoms with Gasteiger partial charge in [0.15, 0.2) is 0 Å². The average Bonchev–Trinajstić information content (AvgIpc) is 2.40. The van der Waals surface area contributed by atoms with E-state index in [2.05, 4.69) is 21.3 Å². The first-order valence-corrected chi connectivity index (χ1v) is 5.94. The minimum atomic E-state index is -1.25. The van der Waals surface area contributed by atoms with Crippen LogP contribution in [0.3, 0.4) is 0 Å². The molecule has 0 saturated carbocycles. The molecule has 0 spiro atoms. The van der Waals surface area contributed by atoms with E-state index in [0.29, 0.717) is 0 Å². The van der Waals surface area contributed by atoms with Crippen LogP contribution < -0.4 is 22.1 Å². The van der Waals surface area contributed by atoms with Crippen molar-refractivity contribution >= 4 is 0 Å². The number of hydrogen-bond acceptors (Lipinski definition) is 6. The molecule has 0 bridgehead atoms. The van der Waals surface area contributed by atoms with E-state index in [1.807, 2.05) is 12.3 Å². The van der Waals surface area contributed by atoms with E-state index in [4.69, 9.17) is 42.1 Å². The van der Waals surface area contributed by atoms with Crippen LogP contribution in [-0.2, 0) is 17.1 Å². The summed E-state index contributed by atoms with van der Waals surface area (Å²) in [5.41, 5.74) is 10.7. The monoisotopic (exact) mass is 389 g/mol. The van der Waals surface area contributed by atoms with Crippen molar-refractivity contribution in [2.45, 2.75) is 19.0 Å². The predicted molar refractivity (Wildman–Crippen MR) is 71.7 cm³/mol. The molecule has 2 heterocycles. The van der Waals surface area contributed by atoms with Gasteiger partial charge in [-0.25, -0.2) is 20.8 Å². The molecule has 10 N–H and O–H groups in total. The topological polar surface area (TPSA) is 225 Å². The van der Waals surface area contributed by atoms with Gasteiger partial charge in [0.05, 0.1) is 0 Å². The van der Waals surface area contributed by atoms with Crippen molar-refractivity contribution in [2.24, 2.45) is 11.5 Å². The number of hydrogen-bond donors (Lipinski definition) is 8. The zero-order valence-electron chi connectivity index (χ0n) is 12.0. The molecule has 1 radical (unpaired) electrons. The van der Waals surface area contributed by atoms with Crippen molar-refractivity contribution in [3.8, 4) is 0 Å². The van der Waals surface area contributed by atoms with Gasteiger partial charge in [0.2, 0.25) is 0 Å². The van der Waals surface area contributed by atoms with E-state index < -0.39 is 10.2 Å². The van der Waals surface area contributed by atoms with Crippen LogP contribution in [0, 0.1) is 9.81 Å². The Labute approximate surface area is 142 Å². The molecular formula is C8H22CuN8O6+2. The van der Waals surface area contributed by atoms with Crippen LogP contribution in [0.25, 0.3) is 10.6 Å². The second-order valence-corrected chi connectivity index (χ2v) is 3.54. The van der Waals surface area contributed by atoms with Crippen molar-refractivity contribution in [1.82, 2.24) is 10.6 Å². The maximum atomic E-state index is 8.47. The zero-order chi connectivity index (χ0) is 17.4. The summed E-state index contributed by atoms with van der Waals surface area (Å²) in [6.07, 6.45) is 4.60. The van der Waals surface area contributed by atoms with Crippen molar-refractivity contribution in [3.05, 3.63) is 32.7 Å². The molecule has 139 valence electrons. The summed E-state index contributed by atoms with van der Waals surface area (Å²) in [4.78, 5) is 16.9. The zero-order valence-corrected chi connectivity index (χ0v) is 12.9. The molecule has 2 rings (SSSR count). The molecule has 2 aliphatic rings. The van der Waals surface area contributed by atoms with E-state index >= 15 is 0 Å². The molecule has 2 unspecified atom stereocenters. The molecule has 0 aromatic rings. The molecule has 2 atom stereocenters. The SMILES string of the molecule is NC1[N-]CC=CN1.NC1[N-]CCCN1.O=[N+](O)O.O=[N+](O)O.[Cu+2]. The van der Waals surface area contributed by atoms with E-state index in [0.717, 1.165) is 26.1 Å². The largest absolute Gasteiger partial charge is 2.00 e. The van der Waals surface area contributed by atoms with E-state index in [9.17, 15) is 0 Å². The van der Waals surface area contributed by atoms with Crippen LogP contribution in [-0.4, -0.2) is 63.2 Å². The summed E-state index contributed by atoms with van der Waals surface area (Å²) in [5.74, 6) is 0. The van der Waals surface area contributed by atoms with Gasteiger partial charge in [-0.2, -0.15) is 0 Å². The Balaban J connectivity index is -0.000000238.